The van der Waals surface area contributed by atoms with E-state index >= 15 is 0 Å². The van der Waals surface area contributed by atoms with E-state index in [1.165, 1.54) is 23.5 Å². The molecule has 0 spiro atoms. The van der Waals surface area contributed by atoms with E-state index in [1.807, 2.05) is 6.07 Å². The minimum absolute atomic E-state index is 0.0720. The molecule has 1 amide bonds. The van der Waals surface area contributed by atoms with Crippen molar-refractivity contribution >= 4 is 27.3 Å². The molecule has 0 heterocycles. The van der Waals surface area contributed by atoms with E-state index in [-0.39, 0.29) is 17.4 Å². The van der Waals surface area contributed by atoms with Gasteiger partial charge in [-0.1, -0.05) is 24.3 Å². The Labute approximate surface area is 142 Å². The van der Waals surface area contributed by atoms with Crippen molar-refractivity contribution in [2.24, 2.45) is 0 Å². The van der Waals surface area contributed by atoms with Crippen LogP contribution in [0.4, 0.5) is 11.4 Å². The summed E-state index contributed by atoms with van der Waals surface area (Å²) in [6, 6.07) is 14.9. The quantitative estimate of drug-likeness (QED) is 0.834. The molecule has 0 atom stereocenters. The van der Waals surface area contributed by atoms with Gasteiger partial charge in [-0.25, -0.2) is 8.42 Å². The molecule has 0 aliphatic heterocycles. The van der Waals surface area contributed by atoms with Crippen molar-refractivity contribution < 1.29 is 17.9 Å². The van der Waals surface area contributed by atoms with Gasteiger partial charge in [0.15, 0.2) is 0 Å². The number of para-hydroxylation sites is 1. The molecule has 0 saturated heterocycles. The summed E-state index contributed by atoms with van der Waals surface area (Å²) in [4.78, 5) is 11.8. The van der Waals surface area contributed by atoms with Crippen LogP contribution in [0.25, 0.3) is 0 Å². The van der Waals surface area contributed by atoms with Crippen LogP contribution in [0.5, 0.6) is 0 Å². The van der Waals surface area contributed by atoms with Crippen molar-refractivity contribution in [2.45, 2.75) is 11.8 Å². The normalized spacial score (nSPS) is 11.1. The average Bonchev–Trinajstić information content (AvgIpc) is 2.60. The monoisotopic (exact) mass is 348 g/mol. The van der Waals surface area contributed by atoms with Gasteiger partial charge in [-0.2, -0.15) is 0 Å². The first-order valence-electron chi connectivity index (χ1n) is 7.47. The predicted octanol–water partition coefficient (Wildman–Crippen LogP) is 2.49. The highest BCUT2D eigenvalue weighted by atomic mass is 32.2. The third kappa shape index (κ3) is 4.33. The molecule has 6 nitrogen and oxygen atoms in total. The summed E-state index contributed by atoms with van der Waals surface area (Å²) in [5.74, 6) is -0.331. The van der Waals surface area contributed by atoms with Crippen molar-refractivity contribution in [1.82, 2.24) is 0 Å². The zero-order chi connectivity index (χ0) is 17.6. The van der Waals surface area contributed by atoms with E-state index in [1.54, 1.807) is 43.3 Å². The number of hydrogen-bond acceptors (Lipinski definition) is 4. The molecule has 2 aromatic carbocycles. The van der Waals surface area contributed by atoms with Crippen molar-refractivity contribution in [1.29, 1.82) is 0 Å². The van der Waals surface area contributed by atoms with Crippen LogP contribution < -0.4 is 9.62 Å². The Hall–Kier alpha value is -2.38. The molecule has 0 aliphatic rings. The Morgan fingerprint density at radius 3 is 2.50 bits per heavy atom. The summed E-state index contributed by atoms with van der Waals surface area (Å²) < 4.78 is 31.7. The number of hydrogen-bond donors (Lipinski definition) is 1. The van der Waals surface area contributed by atoms with Gasteiger partial charge in [0.25, 0.3) is 10.0 Å². The fraction of sp³-hybridized carbons (Fsp3) is 0.235. The molecular formula is C17H20N2O4S. The van der Waals surface area contributed by atoms with E-state index in [2.05, 4.69) is 5.32 Å². The molecule has 128 valence electrons. The molecule has 0 unspecified atom stereocenters. The molecule has 2 rings (SSSR count). The molecule has 1 N–H and O–H groups in total. The maximum absolute atomic E-state index is 12.7. The molecule has 2 aromatic rings. The lowest BCUT2D eigenvalue weighted by molar-refractivity contribution is -0.120. The van der Waals surface area contributed by atoms with E-state index in [9.17, 15) is 13.2 Å². The largest absolute Gasteiger partial charge is 0.372 e. The lowest BCUT2D eigenvalue weighted by Crippen LogP contribution is -2.26. The Bertz CT molecular complexity index is 791. The Morgan fingerprint density at radius 1 is 1.12 bits per heavy atom. The summed E-state index contributed by atoms with van der Waals surface area (Å²) in [5.41, 5.74) is 0.963. The first-order chi connectivity index (χ1) is 11.4. The number of sulfonamides is 1. The Kier molecular flexibility index (Phi) is 5.94. The van der Waals surface area contributed by atoms with Gasteiger partial charge in [-0.15, -0.1) is 0 Å². The first-order valence-corrected chi connectivity index (χ1v) is 8.91. The first kappa shape index (κ1) is 18.0. The number of rotatable bonds is 7. The number of nitrogens with one attached hydrogen (secondary N) is 1. The van der Waals surface area contributed by atoms with Crippen molar-refractivity contribution in [3.8, 4) is 0 Å². The molecule has 0 aromatic heterocycles. The second-order valence-corrected chi connectivity index (χ2v) is 6.99. The molecule has 24 heavy (non-hydrogen) atoms. The number of nitrogens with zero attached hydrogens (tertiary/aromatic N) is 1. The smallest absolute Gasteiger partial charge is 0.264 e. The predicted molar refractivity (Wildman–Crippen MR) is 93.6 cm³/mol. The van der Waals surface area contributed by atoms with Crippen molar-refractivity contribution in [2.75, 3.05) is 29.9 Å². The third-order valence-electron chi connectivity index (χ3n) is 3.33. The molecule has 0 aliphatic carbocycles. The van der Waals surface area contributed by atoms with E-state index in [0.29, 0.717) is 18.0 Å². The lowest BCUT2D eigenvalue weighted by atomic mass is 10.3. The Morgan fingerprint density at radius 2 is 1.83 bits per heavy atom. The molecule has 0 bridgehead atoms. The Balaban J connectivity index is 2.22. The highest BCUT2D eigenvalue weighted by Gasteiger charge is 2.21. The number of benzene rings is 2. The fourth-order valence-corrected chi connectivity index (χ4v) is 3.30. The van der Waals surface area contributed by atoms with Crippen LogP contribution in [0.15, 0.2) is 59.5 Å². The molecule has 0 fully saturated rings. The lowest BCUT2D eigenvalue weighted by Gasteiger charge is -2.19. The molecular weight excluding hydrogens is 328 g/mol. The fourth-order valence-electron chi connectivity index (χ4n) is 2.06. The number of anilines is 2. The number of amides is 1. The van der Waals surface area contributed by atoms with Crippen molar-refractivity contribution in [3.05, 3.63) is 54.6 Å². The molecule has 0 radical (unpaired) electrons. The van der Waals surface area contributed by atoms with Crippen LogP contribution in [-0.4, -0.2) is 34.6 Å². The van der Waals surface area contributed by atoms with Gasteiger partial charge in [-0.3, -0.25) is 9.10 Å². The van der Waals surface area contributed by atoms with Gasteiger partial charge in [0.05, 0.1) is 10.6 Å². The third-order valence-corrected chi connectivity index (χ3v) is 5.11. The van der Waals surface area contributed by atoms with Crippen LogP contribution >= 0.6 is 0 Å². The number of carbonyl (C=O) groups excluding carboxylic acids is 1. The zero-order valence-corrected chi connectivity index (χ0v) is 14.4. The standard InChI is InChI=1S/C17H20N2O4S/c1-3-23-13-17(20)18-14-8-7-11-16(12-14)24(21,22)19(2)15-9-5-4-6-10-15/h4-12H,3,13H2,1-2H3,(H,18,20). The second-order valence-electron chi connectivity index (χ2n) is 5.02. The zero-order valence-electron chi connectivity index (χ0n) is 13.6. The topological polar surface area (TPSA) is 75.7 Å². The van der Waals surface area contributed by atoms with E-state index < -0.39 is 10.0 Å². The van der Waals surface area contributed by atoms with Gasteiger partial charge >= 0.3 is 0 Å². The maximum atomic E-state index is 12.7. The van der Waals surface area contributed by atoms with Crippen LogP contribution in [-0.2, 0) is 19.6 Å². The van der Waals surface area contributed by atoms with E-state index in [0.717, 1.165) is 0 Å². The highest BCUT2D eigenvalue weighted by Crippen LogP contribution is 2.23. The second kappa shape index (κ2) is 7.94. The SMILES string of the molecule is CCOCC(=O)Nc1cccc(S(=O)(=O)N(C)c2ccccc2)c1. The van der Waals surface area contributed by atoms with E-state index in [4.69, 9.17) is 4.74 Å². The molecule has 7 heteroatoms. The van der Waals surface area contributed by atoms with Crippen LogP contribution in [0.1, 0.15) is 6.92 Å². The highest BCUT2D eigenvalue weighted by molar-refractivity contribution is 7.92. The summed E-state index contributed by atoms with van der Waals surface area (Å²) in [6.45, 7) is 2.15. The minimum Gasteiger partial charge on any atom is -0.372 e. The van der Waals surface area contributed by atoms with Gasteiger partial charge in [0.2, 0.25) is 5.91 Å². The number of ether oxygens (including phenoxy) is 1. The summed E-state index contributed by atoms with van der Waals surface area (Å²) in [7, 11) is -2.23. The van der Waals surface area contributed by atoms with Crippen LogP contribution in [0.3, 0.4) is 0 Å². The van der Waals surface area contributed by atoms with Gasteiger partial charge < -0.3 is 10.1 Å². The summed E-state index contributed by atoms with van der Waals surface area (Å²) in [5, 5.41) is 2.62. The van der Waals surface area contributed by atoms with Crippen LogP contribution in [0.2, 0.25) is 0 Å². The van der Waals surface area contributed by atoms with Crippen molar-refractivity contribution in [3.63, 3.8) is 0 Å². The maximum Gasteiger partial charge on any atom is 0.264 e. The summed E-state index contributed by atoms with van der Waals surface area (Å²) in [6.07, 6.45) is 0. The van der Waals surface area contributed by atoms with Crippen LogP contribution in [0, 0.1) is 0 Å². The number of carbonyl (C=O) groups is 1. The summed E-state index contributed by atoms with van der Waals surface area (Å²) >= 11 is 0. The van der Waals surface area contributed by atoms with Gasteiger partial charge in [0.1, 0.15) is 6.61 Å². The van der Waals surface area contributed by atoms with Gasteiger partial charge in [-0.05, 0) is 37.3 Å². The van der Waals surface area contributed by atoms with Gasteiger partial charge in [0, 0.05) is 19.3 Å². The minimum atomic E-state index is -3.72. The average molecular weight is 348 g/mol. The molecule has 0 saturated carbocycles.